The Balaban J connectivity index is 2.69. The van der Waals surface area contributed by atoms with Gasteiger partial charge in [-0.25, -0.2) is 9.78 Å². The molecule has 0 aliphatic carbocycles. The van der Waals surface area contributed by atoms with Crippen LogP contribution in [0, 0.1) is 0 Å². The Kier molecular flexibility index (Phi) is 5.05. The van der Waals surface area contributed by atoms with Crippen molar-refractivity contribution in [3.05, 3.63) is 27.5 Å². The van der Waals surface area contributed by atoms with Crippen LogP contribution in [-0.2, 0) is 4.74 Å². The topological polar surface area (TPSA) is 39.2 Å². The Morgan fingerprint density at radius 1 is 1.67 bits per heavy atom. The summed E-state index contributed by atoms with van der Waals surface area (Å²) in [5.74, 6) is -0.375. The fourth-order valence-electron chi connectivity index (χ4n) is 0.963. The lowest BCUT2D eigenvalue weighted by Gasteiger charge is -2.05. The molecule has 0 atom stereocenters. The number of esters is 1. The van der Waals surface area contributed by atoms with Gasteiger partial charge < -0.3 is 4.74 Å². The van der Waals surface area contributed by atoms with Crippen molar-refractivity contribution in [2.75, 3.05) is 6.61 Å². The predicted octanol–water partition coefficient (Wildman–Crippen LogP) is 3.45. The number of ether oxygens (including phenoxy) is 1. The van der Waals surface area contributed by atoms with Gasteiger partial charge in [-0.05, 0) is 28.4 Å². The molecule has 0 amide bonds. The van der Waals surface area contributed by atoms with Crippen LogP contribution in [0.25, 0.3) is 0 Å². The first-order valence-corrected chi connectivity index (χ1v) is 5.81. The first-order chi connectivity index (χ1) is 7.16. The number of nitrogens with zero attached hydrogens (tertiary/aromatic N) is 1. The van der Waals surface area contributed by atoms with Gasteiger partial charge in [0.05, 0.1) is 16.6 Å². The van der Waals surface area contributed by atoms with Crippen molar-refractivity contribution >= 4 is 33.5 Å². The van der Waals surface area contributed by atoms with Crippen LogP contribution in [0.3, 0.4) is 0 Å². The summed E-state index contributed by atoms with van der Waals surface area (Å²) in [4.78, 5) is 15.4. The normalized spacial score (nSPS) is 10.1. The van der Waals surface area contributed by atoms with Crippen molar-refractivity contribution < 1.29 is 9.53 Å². The van der Waals surface area contributed by atoms with Gasteiger partial charge in [0.15, 0.2) is 0 Å². The molecular weight excluding hydrogens is 281 g/mol. The van der Waals surface area contributed by atoms with Gasteiger partial charge in [0, 0.05) is 6.20 Å². The molecule has 0 aromatic carbocycles. The summed E-state index contributed by atoms with van der Waals surface area (Å²) >= 11 is 8.95. The Bertz CT molecular complexity index is 357. The van der Waals surface area contributed by atoms with Gasteiger partial charge >= 0.3 is 5.97 Å². The van der Waals surface area contributed by atoms with Crippen LogP contribution in [0.2, 0.25) is 5.15 Å². The lowest BCUT2D eigenvalue weighted by atomic mass is 10.3. The Hall–Kier alpha value is -0.610. The molecule has 0 N–H and O–H groups in total. The highest BCUT2D eigenvalue weighted by Crippen LogP contribution is 2.24. The molecule has 1 rings (SSSR count). The van der Waals surface area contributed by atoms with E-state index in [1.807, 2.05) is 6.92 Å². The van der Waals surface area contributed by atoms with Crippen LogP contribution in [0.4, 0.5) is 0 Å². The zero-order chi connectivity index (χ0) is 11.3. The van der Waals surface area contributed by atoms with Gasteiger partial charge in [-0.2, -0.15) is 0 Å². The van der Waals surface area contributed by atoms with Crippen LogP contribution in [-0.4, -0.2) is 17.6 Å². The molecule has 1 heterocycles. The molecule has 5 heteroatoms. The lowest BCUT2D eigenvalue weighted by Crippen LogP contribution is -2.07. The molecule has 1 aromatic heterocycles. The SMILES string of the molecule is CCCCOC(=O)c1ccnc(Cl)c1Br. The number of pyridine rings is 1. The summed E-state index contributed by atoms with van der Waals surface area (Å²) in [5, 5.41) is 0.264. The van der Waals surface area contributed by atoms with E-state index in [1.54, 1.807) is 6.07 Å². The highest BCUT2D eigenvalue weighted by Gasteiger charge is 2.13. The summed E-state index contributed by atoms with van der Waals surface area (Å²) in [5.41, 5.74) is 0.408. The average Bonchev–Trinajstić information content (AvgIpc) is 2.22. The third-order valence-corrected chi connectivity index (χ3v) is 3.12. The maximum atomic E-state index is 11.6. The van der Waals surface area contributed by atoms with Gasteiger partial charge in [-0.15, -0.1) is 0 Å². The molecule has 0 saturated carbocycles. The van der Waals surface area contributed by atoms with Crippen molar-refractivity contribution in [1.82, 2.24) is 4.98 Å². The van der Waals surface area contributed by atoms with E-state index < -0.39 is 0 Å². The Morgan fingerprint density at radius 3 is 3.07 bits per heavy atom. The molecule has 82 valence electrons. The molecule has 1 aromatic rings. The maximum Gasteiger partial charge on any atom is 0.339 e. The van der Waals surface area contributed by atoms with E-state index in [9.17, 15) is 4.79 Å². The Labute approximate surface area is 102 Å². The summed E-state index contributed by atoms with van der Waals surface area (Å²) in [6.07, 6.45) is 3.33. The number of rotatable bonds is 4. The molecule has 3 nitrogen and oxygen atoms in total. The number of hydrogen-bond acceptors (Lipinski definition) is 3. The fraction of sp³-hybridized carbons (Fsp3) is 0.400. The van der Waals surface area contributed by atoms with E-state index in [4.69, 9.17) is 16.3 Å². The standard InChI is InChI=1S/C10H11BrClNO2/c1-2-3-6-15-10(14)7-4-5-13-9(12)8(7)11/h4-5H,2-3,6H2,1H3. The van der Waals surface area contributed by atoms with E-state index in [0.717, 1.165) is 12.8 Å². The summed E-state index contributed by atoms with van der Waals surface area (Å²) in [7, 11) is 0. The van der Waals surface area contributed by atoms with Crippen LogP contribution in [0.15, 0.2) is 16.7 Å². The summed E-state index contributed by atoms with van der Waals surface area (Å²) in [6.45, 7) is 2.47. The highest BCUT2D eigenvalue weighted by atomic mass is 79.9. The first-order valence-electron chi connectivity index (χ1n) is 4.64. The number of carbonyl (C=O) groups excluding carboxylic acids is 1. The predicted molar refractivity (Wildman–Crippen MR) is 62.1 cm³/mol. The molecule has 15 heavy (non-hydrogen) atoms. The molecule has 0 aliphatic heterocycles. The molecule has 0 radical (unpaired) electrons. The molecular formula is C10H11BrClNO2. The molecule has 0 saturated heterocycles. The van der Waals surface area contributed by atoms with Gasteiger partial charge in [-0.1, -0.05) is 24.9 Å². The number of hydrogen-bond donors (Lipinski definition) is 0. The van der Waals surface area contributed by atoms with Crippen LogP contribution in [0.1, 0.15) is 30.1 Å². The monoisotopic (exact) mass is 291 g/mol. The minimum Gasteiger partial charge on any atom is -0.462 e. The number of aromatic nitrogens is 1. The van der Waals surface area contributed by atoms with Crippen molar-refractivity contribution in [3.8, 4) is 0 Å². The minimum absolute atomic E-state index is 0.264. The second-order valence-corrected chi connectivity index (χ2v) is 4.10. The second kappa shape index (κ2) is 6.08. The van der Waals surface area contributed by atoms with Gasteiger partial charge in [-0.3, -0.25) is 0 Å². The van der Waals surface area contributed by atoms with E-state index in [-0.39, 0.29) is 11.1 Å². The molecule has 0 unspecified atom stereocenters. The first kappa shape index (κ1) is 12.5. The number of unbranched alkanes of at least 4 members (excludes halogenated alkanes) is 1. The van der Waals surface area contributed by atoms with Crippen LogP contribution < -0.4 is 0 Å². The minimum atomic E-state index is -0.375. The molecule has 0 bridgehead atoms. The van der Waals surface area contributed by atoms with Crippen LogP contribution in [0.5, 0.6) is 0 Å². The Morgan fingerprint density at radius 2 is 2.40 bits per heavy atom. The molecule has 0 aliphatic rings. The second-order valence-electron chi connectivity index (χ2n) is 2.95. The quantitative estimate of drug-likeness (QED) is 0.485. The van der Waals surface area contributed by atoms with Crippen LogP contribution >= 0.6 is 27.5 Å². The molecule has 0 fully saturated rings. The van der Waals surface area contributed by atoms with Crippen molar-refractivity contribution in [3.63, 3.8) is 0 Å². The number of carbonyl (C=O) groups is 1. The number of halogens is 2. The van der Waals surface area contributed by atoms with Crippen molar-refractivity contribution in [1.29, 1.82) is 0 Å². The molecule has 0 spiro atoms. The largest absolute Gasteiger partial charge is 0.462 e. The zero-order valence-corrected chi connectivity index (χ0v) is 10.6. The third kappa shape index (κ3) is 3.47. The van der Waals surface area contributed by atoms with E-state index in [0.29, 0.717) is 16.6 Å². The van der Waals surface area contributed by atoms with Gasteiger partial charge in [0.25, 0.3) is 0 Å². The third-order valence-electron chi connectivity index (χ3n) is 1.80. The maximum absolute atomic E-state index is 11.6. The van der Waals surface area contributed by atoms with Crippen molar-refractivity contribution in [2.24, 2.45) is 0 Å². The smallest absolute Gasteiger partial charge is 0.339 e. The fourth-order valence-corrected chi connectivity index (χ4v) is 1.52. The zero-order valence-electron chi connectivity index (χ0n) is 8.30. The lowest BCUT2D eigenvalue weighted by molar-refractivity contribution is 0.0498. The average molecular weight is 293 g/mol. The van der Waals surface area contributed by atoms with E-state index in [2.05, 4.69) is 20.9 Å². The van der Waals surface area contributed by atoms with Gasteiger partial charge in [0.2, 0.25) is 0 Å². The highest BCUT2D eigenvalue weighted by molar-refractivity contribution is 9.10. The van der Waals surface area contributed by atoms with Crippen molar-refractivity contribution in [2.45, 2.75) is 19.8 Å². The summed E-state index contributed by atoms with van der Waals surface area (Å²) < 4.78 is 5.53. The van der Waals surface area contributed by atoms with E-state index in [1.165, 1.54) is 6.20 Å². The summed E-state index contributed by atoms with van der Waals surface area (Å²) in [6, 6.07) is 1.57. The van der Waals surface area contributed by atoms with Gasteiger partial charge in [0.1, 0.15) is 5.15 Å². The van der Waals surface area contributed by atoms with E-state index >= 15 is 0 Å².